The van der Waals surface area contributed by atoms with Gasteiger partial charge >= 0.3 is 0 Å². The van der Waals surface area contributed by atoms with Crippen LogP contribution in [0.2, 0.25) is 0 Å². The maximum atomic E-state index is 12.8. The zero-order valence-electron chi connectivity index (χ0n) is 8.77. The summed E-state index contributed by atoms with van der Waals surface area (Å²) in [6, 6.07) is 10.5. The predicted octanol–water partition coefficient (Wildman–Crippen LogP) is 3.75. The second kappa shape index (κ2) is 4.10. The topological polar surface area (TPSA) is 17.3 Å². The fraction of sp³-hybridized carbons (Fsp3) is 0. The monoisotopic (exact) mass is 338 g/mol. The first kappa shape index (κ1) is 10.7. The fourth-order valence-electron chi connectivity index (χ4n) is 1.77. The summed E-state index contributed by atoms with van der Waals surface area (Å²) in [7, 11) is 0. The largest absolute Gasteiger partial charge is 0.295 e. The molecule has 84 valence electrons. The first-order valence-electron chi connectivity index (χ1n) is 5.12. The minimum atomic E-state index is -0.217. The zero-order valence-corrected chi connectivity index (χ0v) is 10.9. The van der Waals surface area contributed by atoms with E-state index in [0.717, 1.165) is 20.5 Å². The van der Waals surface area contributed by atoms with Crippen LogP contribution in [0.3, 0.4) is 0 Å². The van der Waals surface area contributed by atoms with Gasteiger partial charge in [0.05, 0.1) is 6.20 Å². The Kier molecular flexibility index (Phi) is 2.58. The van der Waals surface area contributed by atoms with Crippen molar-refractivity contribution in [1.82, 2.24) is 9.38 Å². The van der Waals surface area contributed by atoms with Gasteiger partial charge in [0, 0.05) is 6.20 Å². The molecule has 0 fully saturated rings. The standard InChI is InChI=1S/C13H8FIN2/c14-11-3-1-9(2-4-11)10-5-6-17-12(15)8-16-13(17)7-10/h1-8H. The molecule has 2 aromatic heterocycles. The summed E-state index contributed by atoms with van der Waals surface area (Å²) in [5.41, 5.74) is 2.93. The van der Waals surface area contributed by atoms with Gasteiger partial charge < -0.3 is 0 Å². The quantitative estimate of drug-likeness (QED) is 0.618. The molecule has 0 spiro atoms. The maximum Gasteiger partial charge on any atom is 0.138 e. The van der Waals surface area contributed by atoms with Crippen LogP contribution in [-0.2, 0) is 0 Å². The molecule has 3 aromatic rings. The normalized spacial score (nSPS) is 10.9. The second-order valence-corrected chi connectivity index (χ2v) is 4.84. The smallest absolute Gasteiger partial charge is 0.138 e. The van der Waals surface area contributed by atoms with E-state index in [4.69, 9.17) is 0 Å². The Bertz CT molecular complexity index is 673. The SMILES string of the molecule is Fc1ccc(-c2ccn3c(I)cnc3c2)cc1. The molecule has 17 heavy (non-hydrogen) atoms. The molecular weight excluding hydrogens is 330 g/mol. The average molecular weight is 338 g/mol. The lowest BCUT2D eigenvalue weighted by Crippen LogP contribution is -1.87. The molecule has 0 saturated carbocycles. The lowest BCUT2D eigenvalue weighted by molar-refractivity contribution is 0.628. The van der Waals surface area contributed by atoms with Gasteiger partial charge in [0.2, 0.25) is 0 Å². The minimum absolute atomic E-state index is 0.217. The van der Waals surface area contributed by atoms with Crippen molar-refractivity contribution in [3.8, 4) is 11.1 Å². The van der Waals surface area contributed by atoms with E-state index < -0.39 is 0 Å². The van der Waals surface area contributed by atoms with Crippen LogP contribution in [0.25, 0.3) is 16.8 Å². The Balaban J connectivity index is 2.14. The van der Waals surface area contributed by atoms with Crippen LogP contribution in [-0.4, -0.2) is 9.38 Å². The van der Waals surface area contributed by atoms with Gasteiger partial charge in [0.25, 0.3) is 0 Å². The van der Waals surface area contributed by atoms with Gasteiger partial charge in [-0.1, -0.05) is 12.1 Å². The Labute approximate surface area is 111 Å². The van der Waals surface area contributed by atoms with Gasteiger partial charge in [-0.3, -0.25) is 4.40 Å². The van der Waals surface area contributed by atoms with Crippen molar-refractivity contribution >= 4 is 28.2 Å². The van der Waals surface area contributed by atoms with Crippen molar-refractivity contribution in [1.29, 1.82) is 0 Å². The highest BCUT2D eigenvalue weighted by atomic mass is 127. The number of fused-ring (bicyclic) bond motifs is 1. The van der Waals surface area contributed by atoms with Crippen LogP contribution in [0.5, 0.6) is 0 Å². The highest BCUT2D eigenvalue weighted by molar-refractivity contribution is 14.1. The fourth-order valence-corrected chi connectivity index (χ4v) is 2.32. The Morgan fingerprint density at radius 1 is 1.06 bits per heavy atom. The summed E-state index contributed by atoms with van der Waals surface area (Å²) in [5.74, 6) is -0.217. The number of rotatable bonds is 1. The van der Waals surface area contributed by atoms with Crippen LogP contribution in [0, 0.1) is 9.52 Å². The Morgan fingerprint density at radius 3 is 2.59 bits per heavy atom. The van der Waals surface area contributed by atoms with E-state index in [1.165, 1.54) is 12.1 Å². The average Bonchev–Trinajstić information content (AvgIpc) is 2.72. The van der Waals surface area contributed by atoms with E-state index in [1.54, 1.807) is 12.1 Å². The molecule has 4 heteroatoms. The molecule has 0 aliphatic rings. The van der Waals surface area contributed by atoms with Gasteiger partial charge in [0.1, 0.15) is 15.2 Å². The van der Waals surface area contributed by atoms with Gasteiger partial charge in [-0.15, -0.1) is 0 Å². The summed E-state index contributed by atoms with van der Waals surface area (Å²) in [5, 5.41) is 0. The first-order chi connectivity index (χ1) is 8.24. The first-order valence-corrected chi connectivity index (χ1v) is 6.20. The Morgan fingerprint density at radius 2 is 1.82 bits per heavy atom. The summed E-state index contributed by atoms with van der Waals surface area (Å²) in [6.07, 6.45) is 3.80. The highest BCUT2D eigenvalue weighted by Gasteiger charge is 2.03. The Hall–Kier alpha value is -1.43. The van der Waals surface area contributed by atoms with Gasteiger partial charge in [-0.2, -0.15) is 0 Å². The van der Waals surface area contributed by atoms with E-state index in [1.807, 2.05) is 28.9 Å². The van der Waals surface area contributed by atoms with Gasteiger partial charge in [-0.25, -0.2) is 9.37 Å². The molecule has 0 amide bonds. The van der Waals surface area contributed by atoms with Crippen molar-refractivity contribution in [3.05, 3.63) is 58.3 Å². The third-order valence-electron chi connectivity index (χ3n) is 2.65. The van der Waals surface area contributed by atoms with Crippen LogP contribution in [0.4, 0.5) is 4.39 Å². The number of imidazole rings is 1. The molecule has 1 aromatic carbocycles. The van der Waals surface area contributed by atoms with E-state index in [-0.39, 0.29) is 5.82 Å². The predicted molar refractivity (Wildman–Crippen MR) is 73.3 cm³/mol. The number of hydrogen-bond donors (Lipinski definition) is 0. The molecule has 0 aliphatic carbocycles. The molecule has 0 bridgehead atoms. The molecule has 2 nitrogen and oxygen atoms in total. The summed E-state index contributed by atoms with van der Waals surface area (Å²) in [6.45, 7) is 0. The molecule has 3 rings (SSSR count). The lowest BCUT2D eigenvalue weighted by Gasteiger charge is -2.02. The van der Waals surface area contributed by atoms with Crippen LogP contribution in [0.1, 0.15) is 0 Å². The second-order valence-electron chi connectivity index (χ2n) is 3.73. The van der Waals surface area contributed by atoms with Gasteiger partial charge in [0.15, 0.2) is 0 Å². The molecule has 0 unspecified atom stereocenters. The summed E-state index contributed by atoms with van der Waals surface area (Å²) in [4.78, 5) is 4.30. The van der Waals surface area contributed by atoms with Crippen molar-refractivity contribution < 1.29 is 4.39 Å². The highest BCUT2D eigenvalue weighted by Crippen LogP contribution is 2.21. The number of halogens is 2. The van der Waals surface area contributed by atoms with Crippen molar-refractivity contribution in [2.45, 2.75) is 0 Å². The van der Waals surface area contributed by atoms with E-state index in [0.29, 0.717) is 0 Å². The van der Waals surface area contributed by atoms with Crippen LogP contribution in [0.15, 0.2) is 48.8 Å². The third-order valence-corrected chi connectivity index (χ3v) is 3.44. The molecule has 0 atom stereocenters. The van der Waals surface area contributed by atoms with E-state index >= 15 is 0 Å². The molecule has 0 radical (unpaired) electrons. The minimum Gasteiger partial charge on any atom is -0.295 e. The number of benzene rings is 1. The number of aromatic nitrogens is 2. The van der Waals surface area contributed by atoms with Gasteiger partial charge in [-0.05, 0) is 58.0 Å². The van der Waals surface area contributed by atoms with E-state index in [9.17, 15) is 4.39 Å². The molecular formula is C13H8FIN2. The van der Waals surface area contributed by atoms with Crippen molar-refractivity contribution in [2.75, 3.05) is 0 Å². The molecule has 0 saturated heterocycles. The molecule has 0 aliphatic heterocycles. The van der Waals surface area contributed by atoms with Crippen molar-refractivity contribution in [3.63, 3.8) is 0 Å². The van der Waals surface area contributed by atoms with Crippen molar-refractivity contribution in [2.24, 2.45) is 0 Å². The molecule has 0 N–H and O–H groups in total. The number of pyridine rings is 1. The molecule has 2 heterocycles. The zero-order chi connectivity index (χ0) is 11.8. The number of nitrogens with zero attached hydrogens (tertiary/aromatic N) is 2. The van der Waals surface area contributed by atoms with E-state index in [2.05, 4.69) is 27.6 Å². The summed E-state index contributed by atoms with van der Waals surface area (Å²) < 4.78 is 15.9. The van der Waals surface area contributed by atoms with Crippen LogP contribution >= 0.6 is 22.6 Å². The third kappa shape index (κ3) is 1.93. The summed E-state index contributed by atoms with van der Waals surface area (Å²) >= 11 is 2.23. The number of hydrogen-bond acceptors (Lipinski definition) is 1. The van der Waals surface area contributed by atoms with Crippen LogP contribution < -0.4 is 0 Å². The maximum absolute atomic E-state index is 12.8. The lowest BCUT2D eigenvalue weighted by atomic mass is 10.1.